The van der Waals surface area contributed by atoms with Gasteiger partial charge in [0.05, 0.1) is 40.4 Å². The summed E-state index contributed by atoms with van der Waals surface area (Å²) in [6.07, 6.45) is 6.92. The number of rotatable bonds is 10. The molecule has 0 spiro atoms. The second kappa shape index (κ2) is 13.0. The van der Waals surface area contributed by atoms with Gasteiger partial charge < -0.3 is 29.5 Å². The van der Waals surface area contributed by atoms with Crippen LogP contribution in [0, 0.1) is 11.3 Å². The first-order valence-corrected chi connectivity index (χ1v) is 15.7. The Morgan fingerprint density at radius 3 is 2.62 bits per heavy atom. The van der Waals surface area contributed by atoms with Gasteiger partial charge in [-0.05, 0) is 45.2 Å². The van der Waals surface area contributed by atoms with Gasteiger partial charge in [0.15, 0.2) is 17.7 Å². The summed E-state index contributed by atoms with van der Waals surface area (Å²) in [6, 6.07) is 7.95. The van der Waals surface area contributed by atoms with E-state index in [9.17, 15) is 10.4 Å². The Hall–Kier alpha value is -3.66. The first-order valence-electron chi connectivity index (χ1n) is 14.9. The van der Waals surface area contributed by atoms with Crippen LogP contribution < -0.4 is 19.7 Å². The number of anilines is 1. The lowest BCUT2D eigenvalue weighted by Crippen LogP contribution is -2.68. The van der Waals surface area contributed by atoms with Crippen molar-refractivity contribution in [2.24, 2.45) is 0 Å². The minimum atomic E-state index is -0.514. The van der Waals surface area contributed by atoms with Gasteiger partial charge in [-0.1, -0.05) is 23.2 Å². The third kappa shape index (κ3) is 6.13. The Morgan fingerprint density at radius 2 is 1.96 bits per heavy atom. The van der Waals surface area contributed by atoms with Gasteiger partial charge in [-0.3, -0.25) is 4.98 Å². The van der Waals surface area contributed by atoms with Gasteiger partial charge >= 0.3 is 0 Å². The van der Waals surface area contributed by atoms with Crippen molar-refractivity contribution < 1.29 is 19.3 Å². The van der Waals surface area contributed by atoms with Crippen molar-refractivity contribution in [2.75, 3.05) is 44.9 Å². The number of benzene rings is 1. The SMILES string of the molecule is COc1cc2c(cc1O[C@H](C)c1c(Cl)cncc1Cl)c(-c1cnc(N3CC(C)(NCCO)C3)c(C#N)c1)nn2C1CCCCO1. The zero-order chi connectivity index (χ0) is 31.7. The number of aliphatic hydroxyl groups excluding tert-OH is 1. The fourth-order valence-electron chi connectivity index (χ4n) is 6.14. The van der Waals surface area contributed by atoms with E-state index in [4.69, 9.17) is 47.5 Å². The molecule has 0 aliphatic carbocycles. The van der Waals surface area contributed by atoms with Crippen LogP contribution in [0.3, 0.4) is 0 Å². The molecule has 2 aliphatic rings. The van der Waals surface area contributed by atoms with Crippen LogP contribution in [0.4, 0.5) is 5.82 Å². The number of β-amino-alcohol motifs (C(OH)–C–C–N with tert-alkyl or cyclic N) is 1. The molecule has 0 bridgehead atoms. The van der Waals surface area contributed by atoms with E-state index in [1.54, 1.807) is 13.3 Å². The van der Waals surface area contributed by atoms with Crippen LogP contribution in [0.25, 0.3) is 22.2 Å². The molecule has 0 radical (unpaired) electrons. The van der Waals surface area contributed by atoms with E-state index in [1.165, 1.54) is 12.4 Å². The van der Waals surface area contributed by atoms with Gasteiger partial charge in [-0.25, -0.2) is 9.67 Å². The van der Waals surface area contributed by atoms with E-state index < -0.39 is 6.10 Å². The van der Waals surface area contributed by atoms with Crippen LogP contribution in [0.2, 0.25) is 10.0 Å². The average molecular weight is 653 g/mol. The summed E-state index contributed by atoms with van der Waals surface area (Å²) >= 11 is 12.9. The molecule has 236 valence electrons. The summed E-state index contributed by atoms with van der Waals surface area (Å²) in [7, 11) is 1.59. The molecule has 1 aromatic carbocycles. The lowest BCUT2D eigenvalue weighted by Gasteiger charge is -2.49. The van der Waals surface area contributed by atoms with Crippen LogP contribution in [-0.4, -0.2) is 70.4 Å². The van der Waals surface area contributed by atoms with Crippen molar-refractivity contribution in [3.05, 3.63) is 58.0 Å². The number of nitriles is 1. The Bertz CT molecular complexity index is 1730. The second-order valence-corrected chi connectivity index (χ2v) is 12.5. The first kappa shape index (κ1) is 31.3. The van der Waals surface area contributed by atoms with Crippen molar-refractivity contribution >= 4 is 39.9 Å². The van der Waals surface area contributed by atoms with Crippen LogP contribution in [0.1, 0.15) is 56.6 Å². The standard InChI is InChI=1S/C32H35Cl2N7O4/c1-19(29-23(33)15-36-16-24(29)34)45-27-11-22-25(12-26(27)43-3)41(28-6-4-5-9-44-28)39-30(22)21-10-20(13-35)31(37-14-21)40-17-32(2,18-40)38-7-8-42/h10-12,14-16,19,28,38,42H,4-9,17-18H2,1-3H3/t19-,28?/m1/s1. The van der Waals surface area contributed by atoms with Crippen molar-refractivity contribution in [3.63, 3.8) is 0 Å². The number of hydrogen-bond donors (Lipinski definition) is 2. The molecule has 3 aromatic heterocycles. The number of ether oxygens (including phenoxy) is 3. The fraction of sp³-hybridized carbons (Fsp3) is 0.438. The van der Waals surface area contributed by atoms with Gasteiger partial charge in [0.25, 0.3) is 0 Å². The van der Waals surface area contributed by atoms with Crippen LogP contribution in [0.15, 0.2) is 36.8 Å². The summed E-state index contributed by atoms with van der Waals surface area (Å²) in [6.45, 7) is 6.54. The largest absolute Gasteiger partial charge is 0.493 e. The maximum atomic E-state index is 10.1. The number of halogens is 2. The van der Waals surface area contributed by atoms with Gasteiger partial charge in [-0.15, -0.1) is 0 Å². The highest BCUT2D eigenvalue weighted by Gasteiger charge is 2.40. The molecule has 45 heavy (non-hydrogen) atoms. The highest BCUT2D eigenvalue weighted by molar-refractivity contribution is 6.35. The van der Waals surface area contributed by atoms with E-state index in [0.717, 1.165) is 30.2 Å². The summed E-state index contributed by atoms with van der Waals surface area (Å²) < 4.78 is 20.2. The molecule has 5 heterocycles. The van der Waals surface area contributed by atoms with E-state index in [0.29, 0.717) is 76.0 Å². The third-order valence-electron chi connectivity index (χ3n) is 8.32. The summed E-state index contributed by atoms with van der Waals surface area (Å²) in [5, 5.41) is 29.3. The zero-order valence-electron chi connectivity index (χ0n) is 25.4. The molecule has 1 unspecified atom stereocenters. The van der Waals surface area contributed by atoms with Crippen LogP contribution in [0.5, 0.6) is 11.5 Å². The second-order valence-electron chi connectivity index (χ2n) is 11.7. The maximum absolute atomic E-state index is 10.1. The normalized spacial score (nSPS) is 18.3. The quantitative estimate of drug-likeness (QED) is 0.221. The van der Waals surface area contributed by atoms with Crippen molar-refractivity contribution in [3.8, 4) is 28.8 Å². The molecular formula is C32H35Cl2N7O4. The summed E-state index contributed by atoms with van der Waals surface area (Å²) in [5.74, 6) is 1.61. The van der Waals surface area contributed by atoms with Crippen molar-refractivity contribution in [2.45, 2.75) is 51.0 Å². The average Bonchev–Trinajstić information content (AvgIpc) is 3.40. The minimum absolute atomic E-state index is 0.0707. The van der Waals surface area contributed by atoms with Crippen LogP contribution >= 0.6 is 23.2 Å². The molecule has 4 aromatic rings. The topological polar surface area (TPSA) is 131 Å². The number of nitrogens with zero attached hydrogens (tertiary/aromatic N) is 6. The maximum Gasteiger partial charge on any atom is 0.162 e. The Morgan fingerprint density at radius 1 is 1.18 bits per heavy atom. The molecule has 2 aliphatic heterocycles. The van der Waals surface area contributed by atoms with Gasteiger partial charge in [0.1, 0.15) is 23.7 Å². The van der Waals surface area contributed by atoms with Gasteiger partial charge in [-0.2, -0.15) is 10.4 Å². The van der Waals surface area contributed by atoms with Gasteiger partial charge in [0.2, 0.25) is 0 Å². The van der Waals surface area contributed by atoms with E-state index in [1.807, 2.05) is 29.8 Å². The number of aromatic nitrogens is 4. The molecule has 0 amide bonds. The van der Waals surface area contributed by atoms with Crippen molar-refractivity contribution in [1.29, 1.82) is 5.26 Å². The Labute approximate surface area is 271 Å². The molecule has 6 rings (SSSR count). The van der Waals surface area contributed by atoms with Crippen LogP contribution in [-0.2, 0) is 4.74 Å². The molecule has 0 saturated carbocycles. The van der Waals surface area contributed by atoms with Gasteiger partial charge in [0, 0.05) is 67.4 Å². The molecular weight excluding hydrogens is 617 g/mol. The fourth-order valence-corrected chi connectivity index (χ4v) is 6.81. The predicted octanol–water partition coefficient (Wildman–Crippen LogP) is 5.68. The number of fused-ring (bicyclic) bond motifs is 1. The monoisotopic (exact) mass is 651 g/mol. The predicted molar refractivity (Wildman–Crippen MR) is 172 cm³/mol. The highest BCUT2D eigenvalue weighted by atomic mass is 35.5. The molecule has 2 atom stereocenters. The minimum Gasteiger partial charge on any atom is -0.493 e. The molecule has 2 fully saturated rings. The third-order valence-corrected chi connectivity index (χ3v) is 8.93. The zero-order valence-corrected chi connectivity index (χ0v) is 26.9. The first-order chi connectivity index (χ1) is 21.7. The Kier molecular flexibility index (Phi) is 9.04. The lowest BCUT2D eigenvalue weighted by atomic mass is 9.91. The smallest absolute Gasteiger partial charge is 0.162 e. The number of hydrogen-bond acceptors (Lipinski definition) is 10. The number of nitrogens with one attached hydrogen (secondary N) is 1. The Balaban J connectivity index is 1.41. The molecule has 2 saturated heterocycles. The lowest BCUT2D eigenvalue weighted by molar-refractivity contribution is -0.0365. The van der Waals surface area contributed by atoms with Crippen molar-refractivity contribution in [1.82, 2.24) is 25.1 Å². The molecule has 11 nitrogen and oxygen atoms in total. The number of pyridine rings is 2. The van der Waals surface area contributed by atoms with E-state index in [-0.39, 0.29) is 18.4 Å². The number of aliphatic hydroxyl groups is 1. The van der Waals surface area contributed by atoms with E-state index >= 15 is 0 Å². The molecule has 13 heteroatoms. The number of methoxy groups -OCH3 is 1. The highest BCUT2D eigenvalue weighted by Crippen LogP contribution is 2.42. The molecule has 2 N–H and O–H groups in total. The summed E-state index contributed by atoms with van der Waals surface area (Å²) in [5.41, 5.74) is 3.07. The summed E-state index contributed by atoms with van der Waals surface area (Å²) in [4.78, 5) is 10.9. The van der Waals surface area contributed by atoms with E-state index in [2.05, 4.69) is 28.2 Å².